The Bertz CT molecular complexity index is 1060. The molecule has 0 amide bonds. The monoisotopic (exact) mass is 439 g/mol. The topological polar surface area (TPSA) is 54.9 Å². The number of nitrogens with one attached hydrogen (secondary N) is 2. The molecule has 0 saturated carbocycles. The predicted molar refractivity (Wildman–Crippen MR) is 127 cm³/mol. The van der Waals surface area contributed by atoms with E-state index in [0.29, 0.717) is 28.2 Å². The first kappa shape index (κ1) is 21.6. The number of halogens is 1. The lowest BCUT2D eigenvalue weighted by atomic mass is 10.2. The van der Waals surface area contributed by atoms with Crippen molar-refractivity contribution in [2.24, 2.45) is 5.10 Å². The summed E-state index contributed by atoms with van der Waals surface area (Å²) in [4.78, 5) is 0. The molecule has 3 aromatic rings. The molecule has 0 aromatic heterocycles. The molecule has 3 aromatic carbocycles. The molecule has 0 aliphatic heterocycles. The normalized spacial score (nSPS) is 10.6. The number of rotatable bonds is 7. The molecule has 0 atom stereocenters. The Labute approximate surface area is 186 Å². The molecule has 0 aliphatic carbocycles. The van der Waals surface area contributed by atoms with E-state index in [0.717, 1.165) is 22.4 Å². The van der Waals surface area contributed by atoms with Gasteiger partial charge in [-0.2, -0.15) is 5.10 Å². The number of ether oxygens (including phenoxy) is 2. The molecule has 0 aliphatic rings. The molecule has 0 bridgehead atoms. The SMILES string of the molecule is COc1cc(/C=N/NC(=S)Nc2ccccc2C)ccc1OCc1ccccc1Cl. The second-order valence-corrected chi connectivity index (χ2v) is 7.24. The van der Waals surface area contributed by atoms with E-state index in [-0.39, 0.29) is 0 Å². The first-order chi connectivity index (χ1) is 14.6. The minimum absolute atomic E-state index is 0.351. The smallest absolute Gasteiger partial charge is 0.191 e. The van der Waals surface area contributed by atoms with Crippen molar-refractivity contribution in [2.75, 3.05) is 12.4 Å². The summed E-state index contributed by atoms with van der Waals surface area (Å²) >= 11 is 11.5. The van der Waals surface area contributed by atoms with Gasteiger partial charge in [0.05, 0.1) is 13.3 Å². The van der Waals surface area contributed by atoms with Crippen molar-refractivity contribution in [1.82, 2.24) is 5.43 Å². The molecule has 30 heavy (non-hydrogen) atoms. The maximum atomic E-state index is 6.18. The van der Waals surface area contributed by atoms with E-state index in [9.17, 15) is 0 Å². The molecule has 0 spiro atoms. The number of anilines is 1. The summed E-state index contributed by atoms with van der Waals surface area (Å²) in [6.07, 6.45) is 1.66. The van der Waals surface area contributed by atoms with Crippen LogP contribution >= 0.6 is 23.8 Å². The number of methoxy groups -OCH3 is 1. The number of nitrogens with zero attached hydrogens (tertiary/aromatic N) is 1. The van der Waals surface area contributed by atoms with E-state index in [1.807, 2.05) is 73.7 Å². The van der Waals surface area contributed by atoms with Crippen molar-refractivity contribution >= 4 is 40.8 Å². The van der Waals surface area contributed by atoms with Crippen LogP contribution in [0.3, 0.4) is 0 Å². The van der Waals surface area contributed by atoms with Gasteiger partial charge in [-0.3, -0.25) is 5.43 Å². The van der Waals surface area contributed by atoms with E-state index < -0.39 is 0 Å². The van der Waals surface area contributed by atoms with Crippen molar-refractivity contribution in [3.63, 3.8) is 0 Å². The van der Waals surface area contributed by atoms with Gasteiger partial charge in [-0.05, 0) is 60.6 Å². The Morgan fingerprint density at radius 3 is 2.60 bits per heavy atom. The molecule has 7 heteroatoms. The maximum Gasteiger partial charge on any atom is 0.191 e. The van der Waals surface area contributed by atoms with Gasteiger partial charge in [0, 0.05) is 16.3 Å². The van der Waals surface area contributed by atoms with E-state index in [1.54, 1.807) is 13.3 Å². The lowest BCUT2D eigenvalue weighted by Crippen LogP contribution is -2.24. The van der Waals surface area contributed by atoms with Gasteiger partial charge >= 0.3 is 0 Å². The van der Waals surface area contributed by atoms with E-state index in [2.05, 4.69) is 15.8 Å². The second kappa shape index (κ2) is 10.6. The summed E-state index contributed by atoms with van der Waals surface area (Å²) in [5, 5.41) is 8.38. The fourth-order valence-electron chi connectivity index (χ4n) is 2.68. The Morgan fingerprint density at radius 1 is 1.07 bits per heavy atom. The van der Waals surface area contributed by atoms with Crippen LogP contribution in [-0.4, -0.2) is 18.4 Å². The summed E-state index contributed by atoms with van der Waals surface area (Å²) in [6.45, 7) is 2.36. The molecule has 0 fully saturated rings. The average Bonchev–Trinajstić information content (AvgIpc) is 2.75. The van der Waals surface area contributed by atoms with Crippen molar-refractivity contribution in [3.05, 3.63) is 88.4 Å². The standard InChI is InChI=1S/C23H22ClN3O2S/c1-16-7-3-6-10-20(16)26-23(30)27-25-14-17-11-12-21(22(13-17)28-2)29-15-18-8-4-5-9-19(18)24/h3-14H,15H2,1-2H3,(H2,26,27,30)/b25-14+. The number of hydrogen-bond acceptors (Lipinski definition) is 4. The lowest BCUT2D eigenvalue weighted by Gasteiger charge is -2.12. The van der Waals surface area contributed by atoms with Crippen molar-refractivity contribution in [1.29, 1.82) is 0 Å². The van der Waals surface area contributed by atoms with Crippen LogP contribution in [0.15, 0.2) is 71.8 Å². The van der Waals surface area contributed by atoms with Gasteiger partial charge in [0.1, 0.15) is 6.61 Å². The van der Waals surface area contributed by atoms with Crippen LogP contribution in [0.1, 0.15) is 16.7 Å². The Kier molecular flexibility index (Phi) is 7.65. The van der Waals surface area contributed by atoms with Crippen molar-refractivity contribution in [3.8, 4) is 11.5 Å². The highest BCUT2D eigenvalue weighted by molar-refractivity contribution is 7.80. The highest BCUT2D eigenvalue weighted by atomic mass is 35.5. The summed E-state index contributed by atoms with van der Waals surface area (Å²) in [7, 11) is 1.60. The molecule has 5 nitrogen and oxygen atoms in total. The number of para-hydroxylation sites is 1. The number of thiocarbonyl (C=S) groups is 1. The third-order valence-electron chi connectivity index (χ3n) is 4.30. The van der Waals surface area contributed by atoms with Gasteiger partial charge in [-0.25, -0.2) is 0 Å². The molecule has 3 rings (SSSR count). The van der Waals surface area contributed by atoms with Crippen molar-refractivity contribution < 1.29 is 9.47 Å². The Morgan fingerprint density at radius 2 is 1.83 bits per heavy atom. The largest absolute Gasteiger partial charge is 0.493 e. The zero-order chi connectivity index (χ0) is 21.3. The van der Waals surface area contributed by atoms with Gasteiger partial charge in [0.25, 0.3) is 0 Å². The zero-order valence-corrected chi connectivity index (χ0v) is 18.3. The van der Waals surface area contributed by atoms with Gasteiger partial charge < -0.3 is 14.8 Å². The quantitative estimate of drug-likeness (QED) is 0.287. The molecule has 0 heterocycles. The van der Waals surface area contributed by atoms with Crippen LogP contribution in [0.25, 0.3) is 0 Å². The molecular weight excluding hydrogens is 418 g/mol. The third kappa shape index (κ3) is 5.95. The van der Waals surface area contributed by atoms with Crippen LogP contribution in [0.2, 0.25) is 5.02 Å². The Balaban J connectivity index is 1.59. The first-order valence-electron chi connectivity index (χ1n) is 9.27. The summed E-state index contributed by atoms with van der Waals surface area (Å²) < 4.78 is 11.3. The minimum atomic E-state index is 0.351. The Hall–Kier alpha value is -3.09. The van der Waals surface area contributed by atoms with Crippen molar-refractivity contribution in [2.45, 2.75) is 13.5 Å². The van der Waals surface area contributed by atoms with Crippen LogP contribution in [0.5, 0.6) is 11.5 Å². The van der Waals surface area contributed by atoms with Gasteiger partial charge in [0.15, 0.2) is 16.6 Å². The second-order valence-electron chi connectivity index (χ2n) is 6.43. The van der Waals surface area contributed by atoms with Crippen LogP contribution in [-0.2, 0) is 6.61 Å². The zero-order valence-electron chi connectivity index (χ0n) is 16.7. The molecule has 0 radical (unpaired) electrons. The highest BCUT2D eigenvalue weighted by Crippen LogP contribution is 2.29. The average molecular weight is 440 g/mol. The van der Waals surface area contributed by atoms with Crippen LogP contribution < -0.4 is 20.2 Å². The maximum absolute atomic E-state index is 6.18. The number of aryl methyl sites for hydroxylation is 1. The number of hydrogen-bond donors (Lipinski definition) is 2. The molecular formula is C23H22ClN3O2S. The van der Waals surface area contributed by atoms with Gasteiger partial charge in [-0.15, -0.1) is 0 Å². The van der Waals surface area contributed by atoms with Crippen LogP contribution in [0, 0.1) is 6.92 Å². The number of hydrazone groups is 1. The fourth-order valence-corrected chi connectivity index (χ4v) is 3.04. The summed E-state index contributed by atoms with van der Waals surface area (Å²) in [5.74, 6) is 1.23. The van der Waals surface area contributed by atoms with Gasteiger partial charge in [0.2, 0.25) is 0 Å². The highest BCUT2D eigenvalue weighted by Gasteiger charge is 2.07. The molecule has 0 saturated heterocycles. The minimum Gasteiger partial charge on any atom is -0.493 e. The van der Waals surface area contributed by atoms with E-state index >= 15 is 0 Å². The van der Waals surface area contributed by atoms with Gasteiger partial charge in [-0.1, -0.05) is 48.0 Å². The lowest BCUT2D eigenvalue weighted by molar-refractivity contribution is 0.284. The molecule has 154 valence electrons. The molecule has 0 unspecified atom stereocenters. The van der Waals surface area contributed by atoms with E-state index in [4.69, 9.17) is 33.3 Å². The van der Waals surface area contributed by atoms with E-state index in [1.165, 1.54) is 0 Å². The summed E-state index contributed by atoms with van der Waals surface area (Å²) in [5.41, 5.74) is 6.60. The number of benzene rings is 3. The third-order valence-corrected chi connectivity index (χ3v) is 4.86. The first-order valence-corrected chi connectivity index (χ1v) is 10.1. The fraction of sp³-hybridized carbons (Fsp3) is 0.130. The predicted octanol–water partition coefficient (Wildman–Crippen LogP) is 5.56. The molecule has 2 N–H and O–H groups in total. The van der Waals surface area contributed by atoms with Crippen LogP contribution in [0.4, 0.5) is 5.69 Å². The summed E-state index contributed by atoms with van der Waals surface area (Å²) in [6, 6.07) is 21.0.